The normalized spacial score (nSPS) is 31.5. The predicted molar refractivity (Wildman–Crippen MR) is 51.8 cm³/mol. The molecule has 2 atom stereocenters. The Kier molecular flexibility index (Phi) is 3.62. The Morgan fingerprint density at radius 1 is 1.45 bits per heavy atom. The van der Waals surface area contributed by atoms with Gasteiger partial charge >= 0.3 is 5.97 Å². The Morgan fingerprint density at radius 2 is 2.09 bits per heavy atom. The van der Waals surface area contributed by atoms with Crippen molar-refractivity contribution in [2.24, 2.45) is 5.92 Å². The summed E-state index contributed by atoms with van der Waals surface area (Å²) in [4.78, 5) is 11.2. The first kappa shape index (κ1) is 9.29. The van der Waals surface area contributed by atoms with Crippen LogP contribution in [0.1, 0.15) is 25.7 Å². The second kappa shape index (κ2) is 4.28. The minimum Gasteiger partial charge on any atom is -0.469 e. The van der Waals surface area contributed by atoms with Crippen molar-refractivity contribution in [1.82, 2.24) is 0 Å². The Labute approximate surface area is 80.8 Å². The molecule has 1 aliphatic rings. The number of hydrogen-bond donors (Lipinski definition) is 0. The molecule has 0 aromatic heterocycles. The molecular formula is C8H13IO2. The van der Waals surface area contributed by atoms with E-state index in [-0.39, 0.29) is 11.9 Å². The predicted octanol–water partition coefficient (Wildman–Crippen LogP) is 2.15. The lowest BCUT2D eigenvalue weighted by molar-refractivity contribution is -0.146. The van der Waals surface area contributed by atoms with Crippen LogP contribution < -0.4 is 0 Å². The van der Waals surface area contributed by atoms with Crippen molar-refractivity contribution in [2.45, 2.75) is 29.6 Å². The standard InChI is InChI=1S/C8H13IO2/c1-11-8(10)6-4-2-3-5-7(6)9/h6-7H,2-5H2,1H3. The average molecular weight is 268 g/mol. The number of hydrogen-bond acceptors (Lipinski definition) is 2. The maximum absolute atomic E-state index is 11.2. The van der Waals surface area contributed by atoms with Crippen LogP contribution in [0.25, 0.3) is 0 Å². The largest absolute Gasteiger partial charge is 0.469 e. The average Bonchev–Trinajstić information content (AvgIpc) is 2.04. The number of carbonyl (C=O) groups is 1. The summed E-state index contributed by atoms with van der Waals surface area (Å²) in [5.74, 6) is 0.137. The van der Waals surface area contributed by atoms with Crippen molar-refractivity contribution >= 4 is 28.6 Å². The SMILES string of the molecule is COC(=O)C1CCCCC1I. The van der Waals surface area contributed by atoms with Crippen LogP contribution in [-0.2, 0) is 9.53 Å². The summed E-state index contributed by atoms with van der Waals surface area (Å²) in [5, 5.41) is 0. The van der Waals surface area contributed by atoms with E-state index in [0.717, 1.165) is 6.42 Å². The summed E-state index contributed by atoms with van der Waals surface area (Å²) in [6.07, 6.45) is 4.63. The molecular weight excluding hydrogens is 255 g/mol. The minimum atomic E-state index is -0.0240. The van der Waals surface area contributed by atoms with E-state index < -0.39 is 0 Å². The van der Waals surface area contributed by atoms with E-state index in [1.807, 2.05) is 0 Å². The van der Waals surface area contributed by atoms with E-state index in [9.17, 15) is 4.79 Å². The Hall–Kier alpha value is 0.200. The van der Waals surface area contributed by atoms with E-state index in [2.05, 4.69) is 22.6 Å². The maximum atomic E-state index is 11.2. The lowest BCUT2D eigenvalue weighted by Crippen LogP contribution is -2.28. The molecule has 0 aliphatic heterocycles. The Morgan fingerprint density at radius 3 is 2.64 bits per heavy atom. The highest BCUT2D eigenvalue weighted by Gasteiger charge is 2.29. The monoisotopic (exact) mass is 268 g/mol. The van der Waals surface area contributed by atoms with Crippen molar-refractivity contribution in [2.75, 3.05) is 7.11 Å². The van der Waals surface area contributed by atoms with Crippen LogP contribution >= 0.6 is 22.6 Å². The summed E-state index contributed by atoms with van der Waals surface area (Å²) >= 11 is 2.36. The van der Waals surface area contributed by atoms with Gasteiger partial charge in [0.15, 0.2) is 0 Å². The number of esters is 1. The van der Waals surface area contributed by atoms with E-state index in [0.29, 0.717) is 3.92 Å². The highest BCUT2D eigenvalue weighted by molar-refractivity contribution is 14.1. The lowest BCUT2D eigenvalue weighted by atomic mass is 9.89. The van der Waals surface area contributed by atoms with Crippen molar-refractivity contribution in [3.05, 3.63) is 0 Å². The molecule has 0 heterocycles. The fourth-order valence-electron chi connectivity index (χ4n) is 1.50. The molecule has 0 N–H and O–H groups in total. The molecule has 1 saturated carbocycles. The smallest absolute Gasteiger partial charge is 0.309 e. The van der Waals surface area contributed by atoms with Crippen LogP contribution in [-0.4, -0.2) is 17.0 Å². The molecule has 1 aliphatic carbocycles. The molecule has 1 rings (SSSR count). The van der Waals surface area contributed by atoms with Gasteiger partial charge in [-0.3, -0.25) is 4.79 Å². The zero-order valence-electron chi connectivity index (χ0n) is 6.68. The molecule has 11 heavy (non-hydrogen) atoms. The highest BCUT2D eigenvalue weighted by atomic mass is 127. The van der Waals surface area contributed by atoms with Gasteiger partial charge in [-0.2, -0.15) is 0 Å². The van der Waals surface area contributed by atoms with Crippen molar-refractivity contribution < 1.29 is 9.53 Å². The summed E-state index contributed by atoms with van der Waals surface area (Å²) in [5.41, 5.74) is 0. The molecule has 0 amide bonds. The number of ether oxygens (including phenoxy) is 1. The fraction of sp³-hybridized carbons (Fsp3) is 0.875. The molecule has 3 heteroatoms. The van der Waals surface area contributed by atoms with Crippen LogP contribution in [0.2, 0.25) is 0 Å². The number of rotatable bonds is 1. The Balaban J connectivity index is 2.47. The van der Waals surface area contributed by atoms with Gasteiger partial charge in [0.2, 0.25) is 0 Å². The quantitative estimate of drug-likeness (QED) is 0.414. The molecule has 0 radical (unpaired) electrons. The third kappa shape index (κ3) is 2.32. The minimum absolute atomic E-state index is 0.0240. The maximum Gasteiger partial charge on any atom is 0.309 e. The molecule has 2 unspecified atom stereocenters. The first-order valence-corrected chi connectivity index (χ1v) is 5.22. The van der Waals surface area contributed by atoms with Gasteiger partial charge < -0.3 is 4.74 Å². The number of carbonyl (C=O) groups excluding carboxylic acids is 1. The van der Waals surface area contributed by atoms with Gasteiger partial charge in [0.25, 0.3) is 0 Å². The molecule has 64 valence electrons. The molecule has 0 bridgehead atoms. The van der Waals surface area contributed by atoms with Gasteiger partial charge in [-0.15, -0.1) is 0 Å². The molecule has 1 fully saturated rings. The van der Waals surface area contributed by atoms with E-state index in [1.54, 1.807) is 0 Å². The van der Waals surface area contributed by atoms with E-state index in [4.69, 9.17) is 4.74 Å². The van der Waals surface area contributed by atoms with Gasteiger partial charge in [-0.25, -0.2) is 0 Å². The third-order valence-corrected chi connectivity index (χ3v) is 3.68. The third-order valence-electron chi connectivity index (χ3n) is 2.19. The Bertz CT molecular complexity index is 147. The number of halogens is 1. The summed E-state index contributed by atoms with van der Waals surface area (Å²) in [6, 6.07) is 0. The molecule has 0 aromatic rings. The zero-order valence-corrected chi connectivity index (χ0v) is 8.84. The van der Waals surface area contributed by atoms with Gasteiger partial charge in [0, 0.05) is 3.92 Å². The van der Waals surface area contributed by atoms with Crippen molar-refractivity contribution in [3.8, 4) is 0 Å². The van der Waals surface area contributed by atoms with E-state index in [1.165, 1.54) is 26.4 Å². The lowest BCUT2D eigenvalue weighted by Gasteiger charge is -2.24. The van der Waals surface area contributed by atoms with Gasteiger partial charge in [-0.05, 0) is 12.8 Å². The zero-order chi connectivity index (χ0) is 8.27. The first-order valence-electron chi connectivity index (χ1n) is 3.97. The van der Waals surface area contributed by atoms with Crippen LogP contribution in [0.3, 0.4) is 0 Å². The molecule has 0 spiro atoms. The topological polar surface area (TPSA) is 26.3 Å². The van der Waals surface area contributed by atoms with Gasteiger partial charge in [0.1, 0.15) is 0 Å². The van der Waals surface area contributed by atoms with Crippen molar-refractivity contribution in [1.29, 1.82) is 0 Å². The summed E-state index contributed by atoms with van der Waals surface area (Å²) < 4.78 is 5.21. The van der Waals surface area contributed by atoms with E-state index >= 15 is 0 Å². The van der Waals surface area contributed by atoms with Crippen LogP contribution in [0.15, 0.2) is 0 Å². The highest BCUT2D eigenvalue weighted by Crippen LogP contribution is 2.30. The molecule has 0 aromatic carbocycles. The fourth-order valence-corrected chi connectivity index (χ4v) is 2.60. The number of alkyl halides is 1. The second-order valence-corrected chi connectivity index (χ2v) is 4.53. The summed E-state index contributed by atoms with van der Waals surface area (Å²) in [6.45, 7) is 0. The summed E-state index contributed by atoms with van der Waals surface area (Å²) in [7, 11) is 1.47. The first-order chi connectivity index (χ1) is 5.25. The van der Waals surface area contributed by atoms with Crippen LogP contribution in [0, 0.1) is 5.92 Å². The van der Waals surface area contributed by atoms with Crippen LogP contribution in [0.5, 0.6) is 0 Å². The molecule has 0 saturated heterocycles. The van der Waals surface area contributed by atoms with Crippen LogP contribution in [0.4, 0.5) is 0 Å². The van der Waals surface area contributed by atoms with Gasteiger partial charge in [0.05, 0.1) is 13.0 Å². The van der Waals surface area contributed by atoms with Crippen molar-refractivity contribution in [3.63, 3.8) is 0 Å². The number of methoxy groups -OCH3 is 1. The van der Waals surface area contributed by atoms with Gasteiger partial charge in [-0.1, -0.05) is 35.4 Å². The molecule has 2 nitrogen and oxygen atoms in total. The second-order valence-electron chi connectivity index (χ2n) is 2.93.